The first-order chi connectivity index (χ1) is 12.1. The molecule has 0 aliphatic heterocycles. The Morgan fingerprint density at radius 3 is 2.68 bits per heavy atom. The molecule has 0 saturated heterocycles. The van der Waals surface area contributed by atoms with Crippen LogP contribution in [-0.2, 0) is 17.8 Å². The molecule has 0 atom stereocenters. The van der Waals surface area contributed by atoms with Crippen molar-refractivity contribution in [3.05, 3.63) is 70.6 Å². The predicted molar refractivity (Wildman–Crippen MR) is 96.1 cm³/mol. The van der Waals surface area contributed by atoms with E-state index in [9.17, 15) is 4.79 Å². The number of rotatable bonds is 6. The average molecular weight is 356 g/mol. The maximum atomic E-state index is 12.0. The normalized spacial score (nSPS) is 10.6. The highest BCUT2D eigenvalue weighted by molar-refractivity contribution is 6.31. The van der Waals surface area contributed by atoms with Crippen LogP contribution in [0.25, 0.3) is 11.5 Å². The van der Waals surface area contributed by atoms with Crippen molar-refractivity contribution >= 4 is 17.5 Å². The molecule has 3 rings (SSSR count). The molecule has 1 aromatic heterocycles. The van der Waals surface area contributed by atoms with Crippen molar-refractivity contribution in [3.8, 4) is 11.5 Å². The first-order valence-corrected chi connectivity index (χ1v) is 8.40. The van der Waals surface area contributed by atoms with Crippen LogP contribution in [0.5, 0.6) is 0 Å². The molecule has 0 aliphatic rings. The van der Waals surface area contributed by atoms with Crippen LogP contribution in [0.4, 0.5) is 0 Å². The molecule has 1 N–H and O–H groups in total. The molecular formula is C19H18ClN3O2. The molecular weight excluding hydrogens is 338 g/mol. The average Bonchev–Trinajstić information content (AvgIpc) is 3.08. The van der Waals surface area contributed by atoms with Gasteiger partial charge in [0.25, 0.3) is 0 Å². The molecule has 6 heteroatoms. The van der Waals surface area contributed by atoms with Crippen LogP contribution in [0, 0.1) is 6.92 Å². The Morgan fingerprint density at radius 2 is 1.88 bits per heavy atom. The van der Waals surface area contributed by atoms with Gasteiger partial charge in [-0.05, 0) is 30.2 Å². The highest BCUT2D eigenvalue weighted by Gasteiger charge is 2.12. The number of aromatic nitrogens is 2. The third-order valence-electron chi connectivity index (χ3n) is 3.84. The van der Waals surface area contributed by atoms with Crippen LogP contribution in [0.3, 0.4) is 0 Å². The Bertz CT molecular complexity index is 876. The van der Waals surface area contributed by atoms with Crippen molar-refractivity contribution in [2.75, 3.05) is 0 Å². The van der Waals surface area contributed by atoms with Crippen LogP contribution in [-0.4, -0.2) is 16.1 Å². The van der Waals surface area contributed by atoms with Gasteiger partial charge in [0.1, 0.15) is 0 Å². The minimum absolute atomic E-state index is 0.0874. The van der Waals surface area contributed by atoms with Crippen LogP contribution >= 0.6 is 11.6 Å². The second kappa shape index (κ2) is 7.94. The van der Waals surface area contributed by atoms with Crippen LogP contribution in [0.2, 0.25) is 5.02 Å². The van der Waals surface area contributed by atoms with E-state index in [1.54, 1.807) is 6.07 Å². The first-order valence-electron chi connectivity index (χ1n) is 8.02. The minimum Gasteiger partial charge on any atom is -0.421 e. The molecule has 0 aliphatic carbocycles. The van der Waals surface area contributed by atoms with E-state index in [2.05, 4.69) is 15.5 Å². The maximum Gasteiger partial charge on any atom is 0.247 e. The second-order valence-electron chi connectivity index (χ2n) is 5.68. The maximum absolute atomic E-state index is 12.0. The predicted octanol–water partition coefficient (Wildman–Crippen LogP) is 3.95. The van der Waals surface area contributed by atoms with E-state index in [1.165, 1.54) is 0 Å². The lowest BCUT2D eigenvalue weighted by Crippen LogP contribution is -2.23. The van der Waals surface area contributed by atoms with E-state index in [-0.39, 0.29) is 12.3 Å². The number of hydrogen-bond acceptors (Lipinski definition) is 4. The van der Waals surface area contributed by atoms with Gasteiger partial charge in [0.15, 0.2) is 0 Å². The summed E-state index contributed by atoms with van der Waals surface area (Å²) < 4.78 is 5.66. The van der Waals surface area contributed by atoms with E-state index in [0.29, 0.717) is 29.8 Å². The molecule has 0 spiro atoms. The first kappa shape index (κ1) is 17.2. The van der Waals surface area contributed by atoms with Crippen molar-refractivity contribution in [2.45, 2.75) is 26.3 Å². The van der Waals surface area contributed by atoms with Crippen molar-refractivity contribution in [3.63, 3.8) is 0 Å². The van der Waals surface area contributed by atoms with E-state index in [0.717, 1.165) is 16.7 Å². The van der Waals surface area contributed by atoms with Gasteiger partial charge in [0.2, 0.25) is 17.7 Å². The molecule has 0 unspecified atom stereocenters. The number of carbonyl (C=O) groups excluding carboxylic acids is 1. The lowest BCUT2D eigenvalue weighted by atomic mass is 10.1. The summed E-state index contributed by atoms with van der Waals surface area (Å²) in [6, 6.07) is 15.2. The molecule has 0 fully saturated rings. The van der Waals surface area contributed by atoms with Crippen LogP contribution in [0.1, 0.15) is 23.4 Å². The van der Waals surface area contributed by atoms with Gasteiger partial charge in [-0.1, -0.05) is 48.0 Å². The molecule has 2 aromatic carbocycles. The van der Waals surface area contributed by atoms with Gasteiger partial charge < -0.3 is 9.73 Å². The van der Waals surface area contributed by atoms with E-state index in [1.807, 2.05) is 49.4 Å². The summed E-state index contributed by atoms with van der Waals surface area (Å²) in [5.41, 5.74) is 2.86. The number of carbonyl (C=O) groups is 1. The van der Waals surface area contributed by atoms with Gasteiger partial charge in [-0.15, -0.1) is 10.2 Å². The molecule has 0 saturated carbocycles. The number of benzene rings is 2. The Kier molecular flexibility index (Phi) is 5.46. The number of halogens is 1. The van der Waals surface area contributed by atoms with Crippen LogP contribution in [0.15, 0.2) is 52.9 Å². The number of aryl methyl sites for hydroxylation is 2. The highest BCUT2D eigenvalue weighted by Crippen LogP contribution is 2.21. The fourth-order valence-electron chi connectivity index (χ4n) is 2.42. The van der Waals surface area contributed by atoms with Gasteiger partial charge in [-0.25, -0.2) is 0 Å². The molecule has 5 nitrogen and oxygen atoms in total. The zero-order chi connectivity index (χ0) is 17.6. The summed E-state index contributed by atoms with van der Waals surface area (Å²) in [6.45, 7) is 2.39. The highest BCUT2D eigenvalue weighted by atomic mass is 35.5. The molecule has 128 valence electrons. The van der Waals surface area contributed by atoms with Crippen LogP contribution < -0.4 is 5.32 Å². The largest absolute Gasteiger partial charge is 0.421 e. The fraction of sp³-hybridized carbons (Fsp3) is 0.211. The molecule has 0 bridgehead atoms. The van der Waals surface area contributed by atoms with Gasteiger partial charge in [0, 0.05) is 30.0 Å². The Hall–Kier alpha value is -2.66. The summed E-state index contributed by atoms with van der Waals surface area (Å²) in [5.74, 6) is 0.839. The second-order valence-corrected chi connectivity index (χ2v) is 6.09. The Labute approximate surface area is 151 Å². The standard InChI is InChI=1S/C19H18ClN3O2/c1-13-6-2-4-8-15(13)19-23-22-18(25-19)11-10-17(24)21-12-14-7-3-5-9-16(14)20/h2-9H,10-12H2,1H3,(H,21,24). The smallest absolute Gasteiger partial charge is 0.247 e. The third-order valence-corrected chi connectivity index (χ3v) is 4.21. The lowest BCUT2D eigenvalue weighted by Gasteiger charge is -2.06. The summed E-state index contributed by atoms with van der Waals surface area (Å²) in [4.78, 5) is 12.0. The summed E-state index contributed by atoms with van der Waals surface area (Å²) in [6.07, 6.45) is 0.674. The van der Waals surface area contributed by atoms with Crippen molar-refractivity contribution < 1.29 is 9.21 Å². The molecule has 1 amide bonds. The van der Waals surface area contributed by atoms with Gasteiger partial charge in [-0.2, -0.15) is 0 Å². The third kappa shape index (κ3) is 4.45. The lowest BCUT2D eigenvalue weighted by molar-refractivity contribution is -0.121. The molecule has 1 heterocycles. The summed E-state index contributed by atoms with van der Waals surface area (Å²) >= 11 is 6.07. The van der Waals surface area contributed by atoms with E-state index in [4.69, 9.17) is 16.0 Å². The number of nitrogens with one attached hydrogen (secondary N) is 1. The topological polar surface area (TPSA) is 68.0 Å². The monoisotopic (exact) mass is 355 g/mol. The number of amides is 1. The fourth-order valence-corrected chi connectivity index (χ4v) is 2.62. The van der Waals surface area contributed by atoms with Gasteiger partial charge in [0.05, 0.1) is 0 Å². The summed E-state index contributed by atoms with van der Waals surface area (Å²) in [5, 5.41) is 11.6. The SMILES string of the molecule is Cc1ccccc1-c1nnc(CCC(=O)NCc2ccccc2Cl)o1. The molecule has 3 aromatic rings. The Morgan fingerprint density at radius 1 is 1.12 bits per heavy atom. The number of hydrogen-bond donors (Lipinski definition) is 1. The zero-order valence-corrected chi connectivity index (χ0v) is 14.6. The minimum atomic E-state index is -0.0874. The summed E-state index contributed by atoms with van der Waals surface area (Å²) in [7, 11) is 0. The van der Waals surface area contributed by atoms with Gasteiger partial charge >= 0.3 is 0 Å². The quantitative estimate of drug-likeness (QED) is 0.727. The van der Waals surface area contributed by atoms with Crippen molar-refractivity contribution in [1.82, 2.24) is 15.5 Å². The molecule has 0 radical (unpaired) electrons. The Balaban J connectivity index is 1.53. The van der Waals surface area contributed by atoms with Crippen molar-refractivity contribution in [2.24, 2.45) is 0 Å². The van der Waals surface area contributed by atoms with E-state index >= 15 is 0 Å². The van der Waals surface area contributed by atoms with E-state index < -0.39 is 0 Å². The van der Waals surface area contributed by atoms with Gasteiger partial charge in [-0.3, -0.25) is 4.79 Å². The number of nitrogens with zero attached hydrogens (tertiary/aromatic N) is 2. The zero-order valence-electron chi connectivity index (χ0n) is 13.8. The van der Waals surface area contributed by atoms with Crippen molar-refractivity contribution in [1.29, 1.82) is 0 Å². The molecule has 25 heavy (non-hydrogen) atoms.